The molecule has 0 radical (unpaired) electrons. The molecule has 1 aliphatic rings. The number of nitrogens with zero attached hydrogens (tertiary/aromatic N) is 3. The maximum absolute atomic E-state index is 12.4. The Balaban J connectivity index is 2.04. The summed E-state index contributed by atoms with van der Waals surface area (Å²) in [6.07, 6.45) is 1.92. The van der Waals surface area contributed by atoms with E-state index in [1.165, 1.54) is 13.2 Å². The van der Waals surface area contributed by atoms with E-state index in [0.29, 0.717) is 25.3 Å². The minimum atomic E-state index is -3.71. The van der Waals surface area contributed by atoms with Crippen LogP contribution < -0.4 is 5.32 Å². The van der Waals surface area contributed by atoms with Gasteiger partial charge in [0.1, 0.15) is 5.82 Å². The predicted octanol–water partition coefficient (Wildman–Crippen LogP) is -0.976. The molecular weight excluding hydrogens is 294 g/mol. The van der Waals surface area contributed by atoms with E-state index >= 15 is 0 Å². The molecule has 1 fully saturated rings. The number of hydrogen-bond donors (Lipinski definition) is 2. The van der Waals surface area contributed by atoms with Gasteiger partial charge in [-0.15, -0.1) is 0 Å². The largest absolute Gasteiger partial charge is 0.339 e. The molecule has 0 spiro atoms. The zero-order valence-electron chi connectivity index (χ0n) is 12.3. The highest BCUT2D eigenvalue weighted by Crippen LogP contribution is 2.12. The molecule has 0 aliphatic carbocycles. The quantitative estimate of drug-likeness (QED) is 0.728. The number of imidazole rings is 1. The molecule has 8 nitrogen and oxygen atoms in total. The molecule has 9 heteroatoms. The average Bonchev–Trinajstić information content (AvgIpc) is 2.97. The summed E-state index contributed by atoms with van der Waals surface area (Å²) in [4.78, 5) is 20.5. The molecule has 2 heterocycles. The van der Waals surface area contributed by atoms with E-state index in [4.69, 9.17) is 0 Å². The molecule has 0 unspecified atom stereocenters. The average molecular weight is 315 g/mol. The number of rotatable bonds is 5. The van der Waals surface area contributed by atoms with Gasteiger partial charge in [-0.1, -0.05) is 6.92 Å². The number of sulfonamides is 1. The molecule has 1 aliphatic heterocycles. The number of likely N-dealkylation sites (N-methyl/N-ethyl adjacent to an activating group) is 1. The van der Waals surface area contributed by atoms with E-state index < -0.39 is 10.0 Å². The molecule has 21 heavy (non-hydrogen) atoms. The van der Waals surface area contributed by atoms with Crippen LogP contribution in [0.4, 0.5) is 0 Å². The van der Waals surface area contributed by atoms with Gasteiger partial charge < -0.3 is 15.2 Å². The summed E-state index contributed by atoms with van der Waals surface area (Å²) in [6.45, 7) is 4.41. The van der Waals surface area contributed by atoms with Gasteiger partial charge in [-0.3, -0.25) is 4.79 Å². The monoisotopic (exact) mass is 315 g/mol. The molecule has 1 saturated heterocycles. The topological polar surface area (TPSA) is 98.4 Å². The fourth-order valence-corrected chi connectivity index (χ4v) is 3.16. The normalized spacial score (nSPS) is 16.4. The molecule has 1 aromatic rings. The highest BCUT2D eigenvalue weighted by molar-refractivity contribution is 7.89. The van der Waals surface area contributed by atoms with Gasteiger partial charge in [0, 0.05) is 39.6 Å². The van der Waals surface area contributed by atoms with Crippen molar-refractivity contribution < 1.29 is 13.2 Å². The molecule has 0 bridgehead atoms. The summed E-state index contributed by atoms with van der Waals surface area (Å²) >= 11 is 0. The maximum Gasteiger partial charge on any atom is 0.260 e. The third-order valence-corrected chi connectivity index (χ3v) is 5.17. The minimum absolute atomic E-state index is 0.0231. The first-order chi connectivity index (χ1) is 9.95. The summed E-state index contributed by atoms with van der Waals surface area (Å²) in [5.74, 6) is 0.424. The van der Waals surface area contributed by atoms with Crippen LogP contribution in [0.2, 0.25) is 0 Å². The van der Waals surface area contributed by atoms with Crippen LogP contribution in [0.3, 0.4) is 0 Å². The number of amides is 1. The van der Waals surface area contributed by atoms with Gasteiger partial charge in [-0.2, -0.15) is 4.31 Å². The Kier molecular flexibility index (Phi) is 4.96. The van der Waals surface area contributed by atoms with E-state index in [9.17, 15) is 13.2 Å². The summed E-state index contributed by atoms with van der Waals surface area (Å²) in [7, 11) is -2.31. The third-order valence-electron chi connectivity index (χ3n) is 3.46. The summed E-state index contributed by atoms with van der Waals surface area (Å²) < 4.78 is 25.8. The number of carbonyl (C=O) groups excluding carboxylic acids is 1. The smallest absolute Gasteiger partial charge is 0.260 e. The van der Waals surface area contributed by atoms with Gasteiger partial charge in [0.25, 0.3) is 10.0 Å². The Morgan fingerprint density at radius 1 is 1.43 bits per heavy atom. The van der Waals surface area contributed by atoms with Crippen molar-refractivity contribution in [1.29, 1.82) is 0 Å². The van der Waals surface area contributed by atoms with Crippen LogP contribution in [0.5, 0.6) is 0 Å². The molecular formula is C12H21N5O3S. The van der Waals surface area contributed by atoms with Crippen molar-refractivity contribution in [1.82, 2.24) is 24.5 Å². The predicted molar refractivity (Wildman–Crippen MR) is 77.2 cm³/mol. The second-order valence-corrected chi connectivity index (χ2v) is 6.95. The number of aromatic amines is 1. The highest BCUT2D eigenvalue weighted by atomic mass is 32.2. The van der Waals surface area contributed by atoms with Crippen LogP contribution in [0.15, 0.2) is 11.2 Å². The van der Waals surface area contributed by atoms with E-state index in [1.807, 2.05) is 6.92 Å². The Hall–Kier alpha value is -1.45. The molecule has 0 aromatic carbocycles. The number of aromatic nitrogens is 2. The zero-order valence-corrected chi connectivity index (χ0v) is 13.1. The second-order valence-electron chi connectivity index (χ2n) is 4.94. The standard InChI is InChI=1S/C12H21N5O3S/c1-3-10-14-8-11(15-10)21(19,20)16(2)9-12(18)17-6-4-13-5-7-17/h8,13H,3-7,9H2,1-2H3,(H,14,15). The van der Waals surface area contributed by atoms with Crippen molar-refractivity contribution in [3.63, 3.8) is 0 Å². The van der Waals surface area contributed by atoms with E-state index in [-0.39, 0.29) is 17.5 Å². The van der Waals surface area contributed by atoms with E-state index in [2.05, 4.69) is 15.3 Å². The van der Waals surface area contributed by atoms with Gasteiger partial charge in [0.05, 0.1) is 12.7 Å². The fourth-order valence-electron chi connectivity index (χ4n) is 2.11. The van der Waals surface area contributed by atoms with Crippen LogP contribution in [0.1, 0.15) is 12.7 Å². The number of carbonyl (C=O) groups is 1. The van der Waals surface area contributed by atoms with E-state index in [0.717, 1.165) is 17.4 Å². The Morgan fingerprint density at radius 2 is 2.10 bits per heavy atom. The molecule has 0 atom stereocenters. The van der Waals surface area contributed by atoms with Gasteiger partial charge in [0.2, 0.25) is 5.91 Å². The molecule has 2 N–H and O–H groups in total. The summed E-state index contributed by atoms with van der Waals surface area (Å²) in [6, 6.07) is 0. The van der Waals surface area contributed by atoms with Crippen molar-refractivity contribution in [2.45, 2.75) is 18.4 Å². The van der Waals surface area contributed by atoms with Crippen molar-refractivity contribution in [3.05, 3.63) is 12.0 Å². The summed E-state index contributed by atoms with van der Waals surface area (Å²) in [5, 5.41) is 3.17. The van der Waals surface area contributed by atoms with E-state index in [1.54, 1.807) is 4.90 Å². The van der Waals surface area contributed by atoms with Gasteiger partial charge in [-0.25, -0.2) is 13.4 Å². The highest BCUT2D eigenvalue weighted by Gasteiger charge is 2.27. The number of aryl methyl sites for hydroxylation is 1. The number of hydrogen-bond acceptors (Lipinski definition) is 5. The first kappa shape index (κ1) is 15.9. The van der Waals surface area contributed by atoms with Crippen molar-refractivity contribution >= 4 is 15.9 Å². The first-order valence-corrected chi connectivity index (χ1v) is 8.38. The van der Waals surface area contributed by atoms with Gasteiger partial charge in [-0.05, 0) is 0 Å². The lowest BCUT2D eigenvalue weighted by atomic mass is 10.3. The van der Waals surface area contributed by atoms with Gasteiger partial charge >= 0.3 is 0 Å². The second kappa shape index (κ2) is 6.54. The number of piperazine rings is 1. The van der Waals surface area contributed by atoms with Crippen LogP contribution in [0, 0.1) is 0 Å². The minimum Gasteiger partial charge on any atom is -0.339 e. The fraction of sp³-hybridized carbons (Fsp3) is 0.667. The van der Waals surface area contributed by atoms with Crippen molar-refractivity contribution in [2.24, 2.45) is 0 Å². The first-order valence-electron chi connectivity index (χ1n) is 6.94. The van der Waals surface area contributed by atoms with Crippen molar-refractivity contribution in [3.8, 4) is 0 Å². The molecule has 2 rings (SSSR count). The van der Waals surface area contributed by atoms with Gasteiger partial charge in [0.15, 0.2) is 5.03 Å². The van der Waals surface area contributed by atoms with Crippen LogP contribution >= 0.6 is 0 Å². The molecule has 1 amide bonds. The van der Waals surface area contributed by atoms with Crippen LogP contribution in [-0.4, -0.2) is 73.3 Å². The lowest BCUT2D eigenvalue weighted by Crippen LogP contribution is -2.49. The number of nitrogens with one attached hydrogen (secondary N) is 2. The van der Waals surface area contributed by atoms with Crippen LogP contribution in [0.25, 0.3) is 0 Å². The lowest BCUT2D eigenvalue weighted by Gasteiger charge is -2.28. The summed E-state index contributed by atoms with van der Waals surface area (Å²) in [5.41, 5.74) is 0. The Labute approximate surface area is 124 Å². The molecule has 0 saturated carbocycles. The Bertz CT molecular complexity index is 592. The maximum atomic E-state index is 12.4. The van der Waals surface area contributed by atoms with Crippen molar-refractivity contribution in [2.75, 3.05) is 39.8 Å². The molecule has 1 aromatic heterocycles. The zero-order chi connectivity index (χ0) is 15.5. The SMILES string of the molecule is CCc1ncc(S(=O)(=O)N(C)CC(=O)N2CCNCC2)[nH]1. The number of H-pyrrole nitrogens is 1. The van der Waals surface area contributed by atoms with Crippen LogP contribution in [-0.2, 0) is 21.2 Å². The molecule has 118 valence electrons. The Morgan fingerprint density at radius 3 is 2.67 bits per heavy atom. The lowest BCUT2D eigenvalue weighted by molar-refractivity contribution is -0.131. The third kappa shape index (κ3) is 3.60.